The third-order valence-electron chi connectivity index (χ3n) is 4.38. The molecule has 24 heavy (non-hydrogen) atoms. The van der Waals surface area contributed by atoms with Gasteiger partial charge in [0, 0.05) is 12.0 Å². The molecule has 0 bridgehead atoms. The summed E-state index contributed by atoms with van der Waals surface area (Å²) >= 11 is 0. The minimum Gasteiger partial charge on any atom is -0.508 e. The average molecular weight is 336 g/mol. The van der Waals surface area contributed by atoms with Crippen molar-refractivity contribution in [3.8, 4) is 11.5 Å². The van der Waals surface area contributed by atoms with E-state index in [9.17, 15) is 9.90 Å². The van der Waals surface area contributed by atoms with E-state index in [-0.39, 0.29) is 17.1 Å². The van der Waals surface area contributed by atoms with E-state index in [1.807, 2.05) is 6.07 Å². The molecule has 0 unspecified atom stereocenters. The lowest BCUT2D eigenvalue weighted by molar-refractivity contribution is -0.143. The van der Waals surface area contributed by atoms with Crippen LogP contribution in [-0.4, -0.2) is 24.8 Å². The second-order valence-electron chi connectivity index (χ2n) is 6.90. The number of hydrogen-bond donors (Lipinski definition) is 1. The molecular weight excluding hydrogens is 304 g/mol. The van der Waals surface area contributed by atoms with Gasteiger partial charge in [-0.15, -0.1) is 0 Å². The van der Waals surface area contributed by atoms with Crippen LogP contribution in [0.3, 0.4) is 0 Å². The highest BCUT2D eigenvalue weighted by atomic mass is 16.5. The number of hydrogen-bond acceptors (Lipinski definition) is 4. The number of ether oxygens (including phenoxy) is 2. The zero-order valence-electron chi connectivity index (χ0n) is 15.6. The zero-order chi connectivity index (χ0) is 18.0. The summed E-state index contributed by atoms with van der Waals surface area (Å²) in [4.78, 5) is 11.8. The first-order valence-electron chi connectivity index (χ1n) is 8.94. The quantitative estimate of drug-likeness (QED) is 0.458. The van der Waals surface area contributed by atoms with E-state index in [4.69, 9.17) is 9.47 Å². The van der Waals surface area contributed by atoms with Gasteiger partial charge < -0.3 is 14.6 Å². The van der Waals surface area contributed by atoms with Crippen LogP contribution in [0.15, 0.2) is 18.2 Å². The Labute approximate surface area is 146 Å². The summed E-state index contributed by atoms with van der Waals surface area (Å²) in [6, 6.07) is 5.26. The molecular formula is C20H32O4. The Kier molecular flexibility index (Phi) is 8.66. The van der Waals surface area contributed by atoms with E-state index in [1.54, 1.807) is 19.2 Å². The lowest BCUT2D eigenvalue weighted by Gasteiger charge is -2.26. The van der Waals surface area contributed by atoms with Gasteiger partial charge in [-0.05, 0) is 42.9 Å². The molecule has 0 aliphatic rings. The van der Waals surface area contributed by atoms with E-state index in [1.165, 1.54) is 12.8 Å². The highest BCUT2D eigenvalue weighted by Gasteiger charge is 2.24. The molecule has 0 fully saturated rings. The molecule has 0 amide bonds. The first kappa shape index (κ1) is 20.3. The number of unbranched alkanes of at least 4 members (excludes halogenated alkanes) is 3. The molecule has 0 heterocycles. The van der Waals surface area contributed by atoms with Gasteiger partial charge >= 0.3 is 5.97 Å². The van der Waals surface area contributed by atoms with Crippen LogP contribution in [0.4, 0.5) is 0 Å². The minimum atomic E-state index is -0.236. The van der Waals surface area contributed by atoms with E-state index in [2.05, 4.69) is 20.8 Å². The molecule has 136 valence electrons. The smallest absolute Gasteiger partial charge is 0.305 e. The first-order valence-corrected chi connectivity index (χ1v) is 8.94. The van der Waals surface area contributed by atoms with Crippen LogP contribution in [-0.2, 0) is 14.9 Å². The lowest BCUT2D eigenvalue weighted by atomic mass is 9.79. The van der Waals surface area contributed by atoms with Crippen molar-refractivity contribution < 1.29 is 19.4 Å². The van der Waals surface area contributed by atoms with Gasteiger partial charge in [-0.3, -0.25) is 4.79 Å². The number of rotatable bonds is 11. The van der Waals surface area contributed by atoms with Gasteiger partial charge in [-0.1, -0.05) is 40.0 Å². The molecule has 0 radical (unpaired) electrons. The molecule has 0 aliphatic carbocycles. The van der Waals surface area contributed by atoms with E-state index in [0.29, 0.717) is 13.0 Å². The van der Waals surface area contributed by atoms with Crippen molar-refractivity contribution in [2.24, 2.45) is 0 Å². The Balaban J connectivity index is 2.41. The number of carbonyl (C=O) groups excluding carboxylic acids is 1. The molecule has 0 spiro atoms. The number of aromatic hydroxyl groups is 1. The Bertz CT molecular complexity index is 508. The predicted molar refractivity (Wildman–Crippen MR) is 96.6 cm³/mol. The Morgan fingerprint density at radius 2 is 1.92 bits per heavy atom. The first-order chi connectivity index (χ1) is 11.4. The SMILES string of the molecule is CCCCCCOC(=O)CCCC(C)(C)c1cc(OC)ccc1O. The maximum absolute atomic E-state index is 11.8. The fraction of sp³-hybridized carbons (Fsp3) is 0.650. The fourth-order valence-corrected chi connectivity index (χ4v) is 2.78. The molecule has 4 heteroatoms. The molecule has 1 aromatic carbocycles. The second kappa shape index (κ2) is 10.2. The second-order valence-corrected chi connectivity index (χ2v) is 6.90. The third-order valence-corrected chi connectivity index (χ3v) is 4.38. The van der Waals surface area contributed by atoms with Crippen molar-refractivity contribution >= 4 is 5.97 Å². The Morgan fingerprint density at radius 3 is 2.58 bits per heavy atom. The third kappa shape index (κ3) is 6.81. The maximum Gasteiger partial charge on any atom is 0.305 e. The fourth-order valence-electron chi connectivity index (χ4n) is 2.78. The van der Waals surface area contributed by atoms with Crippen molar-refractivity contribution in [2.45, 2.75) is 71.1 Å². The number of carbonyl (C=O) groups is 1. The summed E-state index contributed by atoms with van der Waals surface area (Å²) in [5.41, 5.74) is 0.606. The van der Waals surface area contributed by atoms with Crippen LogP contribution in [0.25, 0.3) is 0 Å². The molecule has 0 saturated carbocycles. The lowest BCUT2D eigenvalue weighted by Crippen LogP contribution is -2.18. The monoisotopic (exact) mass is 336 g/mol. The number of phenolic OH excluding ortho intramolecular Hbond substituents is 1. The highest BCUT2D eigenvalue weighted by Crippen LogP contribution is 2.37. The van der Waals surface area contributed by atoms with E-state index >= 15 is 0 Å². The van der Waals surface area contributed by atoms with Crippen molar-refractivity contribution in [3.05, 3.63) is 23.8 Å². The van der Waals surface area contributed by atoms with Crippen LogP contribution >= 0.6 is 0 Å². The molecule has 4 nitrogen and oxygen atoms in total. The summed E-state index contributed by atoms with van der Waals surface area (Å²) in [5, 5.41) is 10.1. The van der Waals surface area contributed by atoms with Crippen molar-refractivity contribution in [1.82, 2.24) is 0 Å². The molecule has 1 rings (SSSR count). The zero-order valence-corrected chi connectivity index (χ0v) is 15.6. The van der Waals surface area contributed by atoms with Crippen LogP contribution in [0.1, 0.15) is 71.3 Å². The number of methoxy groups -OCH3 is 1. The van der Waals surface area contributed by atoms with Gasteiger partial charge in [0.1, 0.15) is 11.5 Å². The van der Waals surface area contributed by atoms with E-state index in [0.717, 1.165) is 37.0 Å². The van der Waals surface area contributed by atoms with Crippen molar-refractivity contribution in [3.63, 3.8) is 0 Å². The molecule has 0 saturated heterocycles. The molecule has 1 aromatic rings. The normalized spacial score (nSPS) is 11.3. The minimum absolute atomic E-state index is 0.128. The van der Waals surface area contributed by atoms with Gasteiger partial charge in [-0.25, -0.2) is 0 Å². The summed E-state index contributed by atoms with van der Waals surface area (Å²) in [5.74, 6) is 0.860. The highest BCUT2D eigenvalue weighted by molar-refractivity contribution is 5.69. The summed E-state index contributed by atoms with van der Waals surface area (Å²) in [7, 11) is 1.61. The van der Waals surface area contributed by atoms with Crippen LogP contribution < -0.4 is 4.74 Å². The predicted octanol–water partition coefficient (Wildman–Crippen LogP) is 4.97. The van der Waals surface area contributed by atoms with Crippen LogP contribution in [0.2, 0.25) is 0 Å². The van der Waals surface area contributed by atoms with Gasteiger partial charge in [-0.2, -0.15) is 0 Å². The molecule has 0 aromatic heterocycles. The summed E-state index contributed by atoms with van der Waals surface area (Å²) < 4.78 is 10.5. The van der Waals surface area contributed by atoms with Crippen LogP contribution in [0.5, 0.6) is 11.5 Å². The van der Waals surface area contributed by atoms with Crippen molar-refractivity contribution in [2.75, 3.05) is 13.7 Å². The van der Waals surface area contributed by atoms with Gasteiger partial charge in [0.2, 0.25) is 0 Å². The largest absolute Gasteiger partial charge is 0.508 e. The van der Waals surface area contributed by atoms with Gasteiger partial charge in [0.25, 0.3) is 0 Å². The Morgan fingerprint density at radius 1 is 1.17 bits per heavy atom. The molecule has 0 aliphatic heterocycles. The van der Waals surface area contributed by atoms with Crippen LogP contribution in [0, 0.1) is 0 Å². The Hall–Kier alpha value is -1.71. The maximum atomic E-state index is 11.8. The van der Waals surface area contributed by atoms with Gasteiger partial charge in [0.15, 0.2) is 0 Å². The number of phenols is 1. The molecule has 1 N–H and O–H groups in total. The topological polar surface area (TPSA) is 55.8 Å². The molecule has 0 atom stereocenters. The summed E-state index contributed by atoms with van der Waals surface area (Å²) in [6.45, 7) is 6.82. The average Bonchev–Trinajstić information content (AvgIpc) is 2.54. The van der Waals surface area contributed by atoms with E-state index < -0.39 is 0 Å². The summed E-state index contributed by atoms with van der Waals surface area (Å²) in [6.07, 6.45) is 6.38. The number of benzene rings is 1. The van der Waals surface area contributed by atoms with Gasteiger partial charge in [0.05, 0.1) is 13.7 Å². The van der Waals surface area contributed by atoms with Crippen molar-refractivity contribution in [1.29, 1.82) is 0 Å². The standard InChI is InChI=1S/C20H32O4/c1-5-6-7-8-14-24-19(22)10-9-13-20(2,3)17-15-16(23-4)11-12-18(17)21/h11-12,15,21H,5-10,13-14H2,1-4H3. The number of esters is 1.